The van der Waals surface area contributed by atoms with Gasteiger partial charge in [0.2, 0.25) is 0 Å². The molecule has 1 aliphatic rings. The molecule has 5 nitrogen and oxygen atoms in total. The lowest BCUT2D eigenvalue weighted by molar-refractivity contribution is 0.373. The van der Waals surface area contributed by atoms with E-state index in [2.05, 4.69) is 15.3 Å². The van der Waals surface area contributed by atoms with Crippen LogP contribution < -0.4 is 10.1 Å². The third kappa shape index (κ3) is 2.16. The zero-order valence-corrected chi connectivity index (χ0v) is 12.1. The highest BCUT2D eigenvalue weighted by Crippen LogP contribution is 2.35. The maximum absolute atomic E-state index is 9.87. The Hall–Kier alpha value is -1.95. The predicted molar refractivity (Wildman–Crippen MR) is 80.2 cm³/mol. The maximum Gasteiger partial charge on any atom is 0.161 e. The number of phenols is 1. The molecule has 0 atom stereocenters. The summed E-state index contributed by atoms with van der Waals surface area (Å²) < 4.78 is 5.05. The van der Waals surface area contributed by atoms with Crippen molar-refractivity contribution in [3.05, 3.63) is 29.5 Å². The van der Waals surface area contributed by atoms with Gasteiger partial charge in [-0.05, 0) is 18.2 Å². The Bertz CT molecular complexity index is 661. The van der Waals surface area contributed by atoms with Crippen LogP contribution in [-0.4, -0.2) is 29.2 Å². The van der Waals surface area contributed by atoms with E-state index in [0.29, 0.717) is 11.6 Å². The van der Waals surface area contributed by atoms with E-state index in [-0.39, 0.29) is 5.75 Å². The first-order valence-corrected chi connectivity index (χ1v) is 7.41. The number of rotatable bonds is 3. The molecular formula is C14H15N3O2S. The van der Waals surface area contributed by atoms with Crippen LogP contribution in [0, 0.1) is 0 Å². The molecule has 1 aromatic carbocycles. The highest BCUT2D eigenvalue weighted by Gasteiger charge is 2.20. The average molecular weight is 289 g/mol. The van der Waals surface area contributed by atoms with Gasteiger partial charge in [0.15, 0.2) is 17.3 Å². The molecule has 1 aromatic heterocycles. The fraction of sp³-hybridized carbons (Fsp3) is 0.286. The minimum Gasteiger partial charge on any atom is -0.504 e. The molecule has 0 radical (unpaired) electrons. The van der Waals surface area contributed by atoms with Crippen molar-refractivity contribution >= 4 is 17.6 Å². The normalized spacial score (nSPS) is 13.1. The number of ether oxygens (including phenoxy) is 1. The number of phenolic OH excluding ortho intramolecular Hbond substituents is 1. The summed E-state index contributed by atoms with van der Waals surface area (Å²) in [7, 11) is 3.39. The molecule has 0 unspecified atom stereocenters. The monoisotopic (exact) mass is 289 g/mol. The zero-order valence-electron chi connectivity index (χ0n) is 11.3. The van der Waals surface area contributed by atoms with Gasteiger partial charge in [0, 0.05) is 29.7 Å². The number of benzene rings is 1. The zero-order chi connectivity index (χ0) is 14.1. The Labute approximate surface area is 121 Å². The third-order valence-electron chi connectivity index (χ3n) is 3.25. The molecule has 2 heterocycles. The van der Waals surface area contributed by atoms with E-state index in [0.717, 1.165) is 28.6 Å². The summed E-state index contributed by atoms with van der Waals surface area (Å²) in [6.45, 7) is 0. The van der Waals surface area contributed by atoms with E-state index in [9.17, 15) is 5.11 Å². The molecule has 0 aliphatic carbocycles. The number of aromatic hydroxyl groups is 1. The van der Waals surface area contributed by atoms with Crippen LogP contribution >= 0.6 is 11.8 Å². The summed E-state index contributed by atoms with van der Waals surface area (Å²) in [6, 6.07) is 5.19. The summed E-state index contributed by atoms with van der Waals surface area (Å²) in [5.74, 6) is 3.87. The van der Waals surface area contributed by atoms with Crippen molar-refractivity contribution in [2.75, 3.05) is 19.5 Å². The van der Waals surface area contributed by atoms with Crippen LogP contribution in [0.1, 0.15) is 11.3 Å². The molecule has 0 fully saturated rings. The van der Waals surface area contributed by atoms with Crippen molar-refractivity contribution in [2.24, 2.45) is 0 Å². The van der Waals surface area contributed by atoms with E-state index in [1.165, 1.54) is 12.7 Å². The van der Waals surface area contributed by atoms with Gasteiger partial charge in [-0.2, -0.15) is 11.8 Å². The van der Waals surface area contributed by atoms with Crippen molar-refractivity contribution in [2.45, 2.75) is 11.5 Å². The predicted octanol–water partition coefficient (Wildman–Crippen LogP) is 2.65. The lowest BCUT2D eigenvalue weighted by Crippen LogP contribution is -2.03. The Morgan fingerprint density at radius 3 is 2.85 bits per heavy atom. The summed E-state index contributed by atoms with van der Waals surface area (Å²) in [5.41, 5.74) is 3.03. The first kappa shape index (κ1) is 13.1. The highest BCUT2D eigenvalue weighted by atomic mass is 32.2. The Morgan fingerprint density at radius 2 is 2.15 bits per heavy atom. The van der Waals surface area contributed by atoms with E-state index in [4.69, 9.17) is 4.74 Å². The maximum atomic E-state index is 9.87. The largest absolute Gasteiger partial charge is 0.504 e. The standard InChI is InChI=1S/C14H15N3O2S/c1-15-14-9-6-20-7-10(9)16-13(17-14)8-3-4-12(19-2)11(18)5-8/h3-5,18H,6-7H2,1-2H3,(H,15,16,17). The molecule has 0 bridgehead atoms. The average Bonchev–Trinajstić information content (AvgIpc) is 2.94. The van der Waals surface area contributed by atoms with Gasteiger partial charge < -0.3 is 15.2 Å². The van der Waals surface area contributed by atoms with E-state index in [1.807, 2.05) is 24.9 Å². The quantitative estimate of drug-likeness (QED) is 0.905. The number of thioether (sulfide) groups is 1. The number of nitrogens with one attached hydrogen (secondary N) is 1. The molecule has 0 amide bonds. The van der Waals surface area contributed by atoms with Gasteiger partial charge >= 0.3 is 0 Å². The van der Waals surface area contributed by atoms with Crippen LogP contribution in [0.2, 0.25) is 0 Å². The van der Waals surface area contributed by atoms with Crippen LogP contribution in [0.25, 0.3) is 11.4 Å². The first-order valence-electron chi connectivity index (χ1n) is 6.25. The lowest BCUT2D eigenvalue weighted by Gasteiger charge is -2.10. The van der Waals surface area contributed by atoms with Crippen molar-refractivity contribution in [1.82, 2.24) is 9.97 Å². The molecule has 3 rings (SSSR count). The summed E-state index contributed by atoms with van der Waals surface area (Å²) in [4.78, 5) is 9.15. The summed E-state index contributed by atoms with van der Waals surface area (Å²) in [6.07, 6.45) is 0. The van der Waals surface area contributed by atoms with E-state index in [1.54, 1.807) is 12.1 Å². The van der Waals surface area contributed by atoms with Crippen molar-refractivity contribution in [3.63, 3.8) is 0 Å². The molecule has 0 spiro atoms. The van der Waals surface area contributed by atoms with Crippen molar-refractivity contribution in [3.8, 4) is 22.9 Å². The number of nitrogens with zero attached hydrogens (tertiary/aromatic N) is 2. The fourth-order valence-corrected chi connectivity index (χ4v) is 3.26. The number of hydrogen-bond acceptors (Lipinski definition) is 6. The Morgan fingerprint density at radius 1 is 1.30 bits per heavy atom. The lowest BCUT2D eigenvalue weighted by atomic mass is 10.1. The van der Waals surface area contributed by atoms with Gasteiger partial charge in [-0.1, -0.05) is 0 Å². The van der Waals surface area contributed by atoms with Crippen LogP contribution in [0.3, 0.4) is 0 Å². The van der Waals surface area contributed by atoms with Gasteiger partial charge in [0.05, 0.1) is 12.8 Å². The molecule has 0 saturated heterocycles. The summed E-state index contributed by atoms with van der Waals surface area (Å²) in [5, 5.41) is 13.0. The Balaban J connectivity index is 2.08. The van der Waals surface area contributed by atoms with Crippen molar-refractivity contribution in [1.29, 1.82) is 0 Å². The second kappa shape index (κ2) is 5.20. The topological polar surface area (TPSA) is 67.3 Å². The molecule has 2 N–H and O–H groups in total. The minimum atomic E-state index is 0.0921. The van der Waals surface area contributed by atoms with E-state index < -0.39 is 0 Å². The van der Waals surface area contributed by atoms with Crippen LogP contribution in [0.4, 0.5) is 5.82 Å². The molecule has 0 saturated carbocycles. The van der Waals surface area contributed by atoms with Crippen LogP contribution in [0.5, 0.6) is 11.5 Å². The number of hydrogen-bond donors (Lipinski definition) is 2. The Kier molecular flexibility index (Phi) is 3.40. The molecule has 104 valence electrons. The third-order valence-corrected chi connectivity index (χ3v) is 4.22. The van der Waals surface area contributed by atoms with Crippen LogP contribution in [-0.2, 0) is 11.5 Å². The fourth-order valence-electron chi connectivity index (χ4n) is 2.22. The minimum absolute atomic E-state index is 0.0921. The summed E-state index contributed by atoms with van der Waals surface area (Å²) >= 11 is 1.83. The van der Waals surface area contributed by atoms with E-state index >= 15 is 0 Å². The van der Waals surface area contributed by atoms with Gasteiger partial charge in [-0.25, -0.2) is 9.97 Å². The number of methoxy groups -OCH3 is 1. The SMILES string of the molecule is CNc1nc(-c2ccc(OC)c(O)c2)nc2c1CSC2. The molecule has 2 aromatic rings. The van der Waals surface area contributed by atoms with Crippen molar-refractivity contribution < 1.29 is 9.84 Å². The second-order valence-electron chi connectivity index (χ2n) is 4.45. The molecule has 20 heavy (non-hydrogen) atoms. The van der Waals surface area contributed by atoms with Gasteiger partial charge in [-0.15, -0.1) is 0 Å². The van der Waals surface area contributed by atoms with Gasteiger partial charge in [0.25, 0.3) is 0 Å². The molecule has 1 aliphatic heterocycles. The molecular weight excluding hydrogens is 274 g/mol. The highest BCUT2D eigenvalue weighted by molar-refractivity contribution is 7.98. The number of anilines is 1. The second-order valence-corrected chi connectivity index (χ2v) is 5.44. The smallest absolute Gasteiger partial charge is 0.161 e. The molecule has 6 heteroatoms. The van der Waals surface area contributed by atoms with Gasteiger partial charge in [0.1, 0.15) is 5.82 Å². The van der Waals surface area contributed by atoms with Gasteiger partial charge in [-0.3, -0.25) is 0 Å². The van der Waals surface area contributed by atoms with Crippen LogP contribution in [0.15, 0.2) is 18.2 Å². The number of fused-ring (bicyclic) bond motifs is 1. The first-order chi connectivity index (χ1) is 9.72. The number of aromatic nitrogens is 2.